The first-order chi connectivity index (χ1) is 30.2. The van der Waals surface area contributed by atoms with Gasteiger partial charge < -0.3 is 4.57 Å². The summed E-state index contributed by atoms with van der Waals surface area (Å²) in [4.78, 5) is 14.9. The van der Waals surface area contributed by atoms with Crippen LogP contribution >= 0.6 is 0 Å². The van der Waals surface area contributed by atoms with Gasteiger partial charge in [0.25, 0.3) is 0 Å². The Labute approximate surface area is 354 Å². The van der Waals surface area contributed by atoms with Crippen molar-refractivity contribution in [2.45, 2.75) is 0 Å². The number of fused-ring (bicyclic) bond motifs is 3. The van der Waals surface area contributed by atoms with Crippen LogP contribution in [0.3, 0.4) is 0 Å². The van der Waals surface area contributed by atoms with Gasteiger partial charge in [0.05, 0.1) is 33.8 Å². The van der Waals surface area contributed by atoms with Gasteiger partial charge in [-0.2, -0.15) is 0 Å². The molecule has 0 saturated carbocycles. The lowest BCUT2D eigenvalue weighted by Gasteiger charge is -2.12. The van der Waals surface area contributed by atoms with Crippen molar-refractivity contribution in [2.24, 2.45) is 0 Å². The maximum atomic E-state index is 5.27. The summed E-state index contributed by atoms with van der Waals surface area (Å²) in [5.74, 6) is 0. The minimum absolute atomic E-state index is 0.824. The average Bonchev–Trinajstić information content (AvgIpc) is 3.68. The first kappa shape index (κ1) is 35.9. The van der Waals surface area contributed by atoms with Gasteiger partial charge in [-0.05, 0) is 105 Å². The number of pyridine rings is 3. The standard InChI is InChI=1S/C57H38N4/c1-4-12-39(13-5-1)41-26-29-49(30-27-41)61-56-31-28-47(35-50(56)51-38-58-33-32-57(51)61)42-22-24-44(25-23-42)54-36-48(46-19-10-18-45(34-46)40-14-6-2-7-15-40)37-55(60-54)53-21-11-20-52(59-53)43-16-8-3-9-17-43/h1-38H. The van der Waals surface area contributed by atoms with Crippen LogP contribution in [0.2, 0.25) is 0 Å². The van der Waals surface area contributed by atoms with Crippen molar-refractivity contribution in [3.63, 3.8) is 0 Å². The van der Waals surface area contributed by atoms with Crippen molar-refractivity contribution in [3.8, 4) is 84.1 Å². The van der Waals surface area contributed by atoms with Crippen molar-refractivity contribution in [2.75, 3.05) is 0 Å². The summed E-state index contributed by atoms with van der Waals surface area (Å²) in [6, 6.07) is 77.1. The fourth-order valence-corrected chi connectivity index (χ4v) is 8.42. The first-order valence-corrected chi connectivity index (χ1v) is 20.6. The monoisotopic (exact) mass is 778 g/mol. The number of hydrogen-bond donors (Lipinski definition) is 0. The van der Waals surface area contributed by atoms with Gasteiger partial charge in [-0.15, -0.1) is 0 Å². The molecule has 11 aromatic rings. The van der Waals surface area contributed by atoms with Gasteiger partial charge in [0.2, 0.25) is 0 Å². The molecular formula is C57H38N4. The number of aromatic nitrogens is 4. The van der Waals surface area contributed by atoms with Crippen LogP contribution in [0.15, 0.2) is 231 Å². The Morgan fingerprint density at radius 2 is 0.754 bits per heavy atom. The van der Waals surface area contributed by atoms with E-state index in [9.17, 15) is 0 Å². The van der Waals surface area contributed by atoms with E-state index in [2.05, 4.69) is 204 Å². The topological polar surface area (TPSA) is 43.6 Å². The highest BCUT2D eigenvalue weighted by Crippen LogP contribution is 2.37. The van der Waals surface area contributed by atoms with Crippen LogP contribution in [0.4, 0.5) is 0 Å². The van der Waals surface area contributed by atoms with Crippen molar-refractivity contribution >= 4 is 21.8 Å². The zero-order valence-corrected chi connectivity index (χ0v) is 33.2. The lowest BCUT2D eigenvalue weighted by Crippen LogP contribution is -1.94. The Morgan fingerprint density at radius 1 is 0.279 bits per heavy atom. The maximum absolute atomic E-state index is 5.27. The number of rotatable bonds is 8. The van der Waals surface area contributed by atoms with Crippen LogP contribution in [0.5, 0.6) is 0 Å². The molecule has 0 saturated heterocycles. The van der Waals surface area contributed by atoms with Crippen LogP contribution in [0.25, 0.3) is 106 Å². The predicted octanol–water partition coefficient (Wildman–Crippen LogP) is 14.6. The van der Waals surface area contributed by atoms with Crippen LogP contribution in [0, 0.1) is 0 Å². The van der Waals surface area contributed by atoms with Crippen molar-refractivity contribution in [1.82, 2.24) is 19.5 Å². The molecule has 0 bridgehead atoms. The third kappa shape index (κ3) is 6.96. The Kier molecular flexibility index (Phi) is 9.14. The molecule has 11 rings (SSSR count). The van der Waals surface area contributed by atoms with E-state index in [-0.39, 0.29) is 0 Å². The molecule has 0 aliphatic carbocycles. The molecule has 7 aromatic carbocycles. The molecule has 4 nitrogen and oxygen atoms in total. The van der Waals surface area contributed by atoms with E-state index in [4.69, 9.17) is 9.97 Å². The SMILES string of the molecule is c1ccc(-c2ccc(-n3c4ccncc4c4cc(-c5ccc(-c6cc(-c7cccc(-c8ccccc8)c7)cc(-c7cccc(-c8ccccc8)n7)n6)cc5)ccc43)cc2)cc1. The highest BCUT2D eigenvalue weighted by atomic mass is 15.0. The zero-order chi connectivity index (χ0) is 40.5. The van der Waals surface area contributed by atoms with Gasteiger partial charge in [0.15, 0.2) is 0 Å². The summed E-state index contributed by atoms with van der Waals surface area (Å²) < 4.78 is 2.34. The molecule has 4 heteroatoms. The number of hydrogen-bond acceptors (Lipinski definition) is 3. The fraction of sp³-hybridized carbons (Fsp3) is 0. The van der Waals surface area contributed by atoms with Crippen molar-refractivity contribution in [1.29, 1.82) is 0 Å². The van der Waals surface area contributed by atoms with Crippen LogP contribution < -0.4 is 0 Å². The van der Waals surface area contributed by atoms with Crippen LogP contribution in [0.1, 0.15) is 0 Å². The van der Waals surface area contributed by atoms with Crippen molar-refractivity contribution in [3.05, 3.63) is 231 Å². The second-order valence-electron chi connectivity index (χ2n) is 15.3. The highest BCUT2D eigenvalue weighted by Gasteiger charge is 2.16. The Morgan fingerprint density at radius 3 is 1.49 bits per heavy atom. The molecule has 0 spiro atoms. The molecule has 4 aromatic heterocycles. The molecule has 0 aliphatic rings. The third-order valence-corrected chi connectivity index (χ3v) is 11.5. The largest absolute Gasteiger partial charge is 0.309 e. The smallest absolute Gasteiger partial charge is 0.0900 e. The molecular weight excluding hydrogens is 741 g/mol. The van der Waals surface area contributed by atoms with E-state index in [1.807, 2.05) is 36.7 Å². The van der Waals surface area contributed by atoms with E-state index in [1.54, 1.807) is 0 Å². The highest BCUT2D eigenvalue weighted by molar-refractivity contribution is 6.10. The molecule has 4 heterocycles. The molecule has 0 fully saturated rings. The Hall–Kier alpha value is -8.21. The van der Waals surface area contributed by atoms with Gasteiger partial charge in [0, 0.05) is 40.0 Å². The van der Waals surface area contributed by atoms with Crippen LogP contribution in [-0.2, 0) is 0 Å². The Balaban J connectivity index is 0.973. The van der Waals surface area contributed by atoms with Gasteiger partial charge >= 0.3 is 0 Å². The third-order valence-electron chi connectivity index (χ3n) is 11.5. The molecule has 0 amide bonds. The summed E-state index contributed by atoms with van der Waals surface area (Å²) >= 11 is 0. The fourth-order valence-electron chi connectivity index (χ4n) is 8.42. The molecule has 0 unspecified atom stereocenters. The normalized spacial score (nSPS) is 11.3. The minimum atomic E-state index is 0.824. The van der Waals surface area contributed by atoms with Crippen LogP contribution in [-0.4, -0.2) is 19.5 Å². The summed E-state index contributed by atoms with van der Waals surface area (Å²) in [5, 5.41) is 2.29. The van der Waals surface area contributed by atoms with E-state index in [1.165, 1.54) is 27.6 Å². The van der Waals surface area contributed by atoms with Gasteiger partial charge in [-0.1, -0.05) is 158 Å². The Bertz CT molecular complexity index is 3220. The van der Waals surface area contributed by atoms with Gasteiger partial charge in [0.1, 0.15) is 0 Å². The molecule has 286 valence electrons. The second-order valence-corrected chi connectivity index (χ2v) is 15.3. The zero-order valence-electron chi connectivity index (χ0n) is 33.2. The van der Waals surface area contributed by atoms with E-state index >= 15 is 0 Å². The van der Waals surface area contributed by atoms with Gasteiger partial charge in [-0.3, -0.25) is 4.98 Å². The first-order valence-electron chi connectivity index (χ1n) is 20.6. The molecule has 0 radical (unpaired) electrons. The molecule has 0 aliphatic heterocycles. The van der Waals surface area contributed by atoms with Gasteiger partial charge in [-0.25, -0.2) is 9.97 Å². The predicted molar refractivity (Wildman–Crippen MR) is 252 cm³/mol. The molecule has 0 N–H and O–H groups in total. The van der Waals surface area contributed by atoms with Crippen molar-refractivity contribution < 1.29 is 0 Å². The van der Waals surface area contributed by atoms with E-state index in [0.29, 0.717) is 0 Å². The minimum Gasteiger partial charge on any atom is -0.309 e. The van der Waals surface area contributed by atoms with E-state index in [0.717, 1.165) is 78.3 Å². The lowest BCUT2D eigenvalue weighted by atomic mass is 9.96. The average molecular weight is 779 g/mol. The molecule has 61 heavy (non-hydrogen) atoms. The second kappa shape index (κ2) is 15.5. The number of benzene rings is 7. The number of nitrogens with zero attached hydrogens (tertiary/aromatic N) is 4. The quantitative estimate of drug-likeness (QED) is 0.154. The summed E-state index contributed by atoms with van der Waals surface area (Å²) in [6.45, 7) is 0. The molecule has 0 atom stereocenters. The maximum Gasteiger partial charge on any atom is 0.0900 e. The summed E-state index contributed by atoms with van der Waals surface area (Å²) in [7, 11) is 0. The summed E-state index contributed by atoms with van der Waals surface area (Å²) in [5.41, 5.74) is 18.2. The van der Waals surface area contributed by atoms with E-state index < -0.39 is 0 Å². The summed E-state index contributed by atoms with van der Waals surface area (Å²) in [6.07, 6.45) is 3.86. The lowest BCUT2D eigenvalue weighted by molar-refractivity contribution is 1.17.